The molecule has 0 aromatic heterocycles. The summed E-state index contributed by atoms with van der Waals surface area (Å²) in [6.07, 6.45) is 22.5. The van der Waals surface area contributed by atoms with Crippen molar-refractivity contribution in [1.29, 1.82) is 0 Å². The van der Waals surface area contributed by atoms with Crippen LogP contribution in [0.4, 0.5) is 0 Å². The molecule has 35 heavy (non-hydrogen) atoms. The van der Waals surface area contributed by atoms with Crippen molar-refractivity contribution in [2.24, 2.45) is 11.8 Å². The number of benzene rings is 1. The van der Waals surface area contributed by atoms with Gasteiger partial charge >= 0.3 is 0 Å². The fraction of sp³-hybridized carbons (Fsp3) is 0.429. The second-order valence-electron chi connectivity index (χ2n) is 10.9. The molecule has 0 heteroatoms. The molecule has 0 heterocycles. The first-order valence-corrected chi connectivity index (χ1v) is 13.8. The molecular formula is C35H44. The second-order valence-corrected chi connectivity index (χ2v) is 10.9. The van der Waals surface area contributed by atoms with E-state index in [2.05, 4.69) is 102 Å². The van der Waals surface area contributed by atoms with Crippen LogP contribution in [0, 0.1) is 11.8 Å². The van der Waals surface area contributed by atoms with E-state index < -0.39 is 0 Å². The minimum Gasteiger partial charge on any atom is -0.0877 e. The Morgan fingerprint density at radius 1 is 1.03 bits per heavy atom. The van der Waals surface area contributed by atoms with Gasteiger partial charge in [0.2, 0.25) is 0 Å². The van der Waals surface area contributed by atoms with Crippen LogP contribution < -0.4 is 0 Å². The fourth-order valence-electron chi connectivity index (χ4n) is 5.97. The molecule has 184 valence electrons. The van der Waals surface area contributed by atoms with E-state index in [1.165, 1.54) is 58.3 Å². The number of fused-ring (bicyclic) bond motifs is 1. The van der Waals surface area contributed by atoms with Crippen LogP contribution in [0.2, 0.25) is 0 Å². The standard InChI is InChI=1S/C35H44/c1-7-9-11-24(3)31-15-14-25(4)34-21-20-32(23-35(34)33(8-2)26(5)22-31)30-18-16-29(17-19-30)27(6)28-12-10-13-28/h7,9,11,15-20,23,25,34H,8,10,12-14,21-22H2,1-6H3. The van der Waals surface area contributed by atoms with Crippen molar-refractivity contribution >= 4 is 11.1 Å². The zero-order valence-corrected chi connectivity index (χ0v) is 22.9. The molecule has 0 radical (unpaired) electrons. The van der Waals surface area contributed by atoms with Gasteiger partial charge < -0.3 is 0 Å². The molecule has 1 aromatic carbocycles. The molecule has 0 nitrogen and oxygen atoms in total. The van der Waals surface area contributed by atoms with E-state index in [9.17, 15) is 0 Å². The van der Waals surface area contributed by atoms with E-state index >= 15 is 0 Å². The minimum absolute atomic E-state index is 0.601. The average Bonchev–Trinajstić information content (AvgIpc) is 2.88. The first-order chi connectivity index (χ1) is 16.9. The van der Waals surface area contributed by atoms with Crippen molar-refractivity contribution in [1.82, 2.24) is 0 Å². The summed E-state index contributed by atoms with van der Waals surface area (Å²) in [4.78, 5) is 0. The van der Waals surface area contributed by atoms with Gasteiger partial charge in [0.15, 0.2) is 0 Å². The Kier molecular flexibility index (Phi) is 8.32. The summed E-state index contributed by atoms with van der Waals surface area (Å²) in [6, 6.07) is 9.37. The van der Waals surface area contributed by atoms with Gasteiger partial charge in [-0.05, 0) is 129 Å². The Bertz CT molecular complexity index is 1140. The number of hydrogen-bond donors (Lipinski definition) is 0. The second kappa shape index (κ2) is 11.4. The van der Waals surface area contributed by atoms with Gasteiger partial charge in [0.1, 0.15) is 0 Å². The summed E-state index contributed by atoms with van der Waals surface area (Å²) >= 11 is 0. The molecule has 2 unspecified atom stereocenters. The first-order valence-electron chi connectivity index (χ1n) is 13.8. The van der Waals surface area contributed by atoms with Crippen LogP contribution in [0.5, 0.6) is 0 Å². The van der Waals surface area contributed by atoms with E-state index in [1.54, 1.807) is 16.7 Å². The highest BCUT2D eigenvalue weighted by Gasteiger charge is 2.27. The van der Waals surface area contributed by atoms with Crippen LogP contribution in [-0.2, 0) is 0 Å². The number of hydrogen-bond acceptors (Lipinski definition) is 0. The van der Waals surface area contributed by atoms with E-state index in [0.29, 0.717) is 11.8 Å². The van der Waals surface area contributed by atoms with Gasteiger partial charge in [0.05, 0.1) is 0 Å². The van der Waals surface area contributed by atoms with Crippen LogP contribution in [0.3, 0.4) is 0 Å². The van der Waals surface area contributed by atoms with Gasteiger partial charge in [0.25, 0.3) is 0 Å². The van der Waals surface area contributed by atoms with Gasteiger partial charge in [-0.15, -0.1) is 0 Å². The van der Waals surface area contributed by atoms with Gasteiger partial charge in [-0.2, -0.15) is 0 Å². The molecule has 0 amide bonds. The van der Waals surface area contributed by atoms with E-state index in [0.717, 1.165) is 25.7 Å². The maximum atomic E-state index is 2.53. The summed E-state index contributed by atoms with van der Waals surface area (Å²) in [7, 11) is 0. The number of rotatable bonds is 5. The normalized spacial score (nSPS) is 23.5. The molecule has 0 bridgehead atoms. The van der Waals surface area contributed by atoms with Crippen LogP contribution in [0.15, 0.2) is 94.2 Å². The van der Waals surface area contributed by atoms with Gasteiger partial charge in [-0.3, -0.25) is 0 Å². The van der Waals surface area contributed by atoms with E-state index in [4.69, 9.17) is 0 Å². The molecule has 0 spiro atoms. The minimum atomic E-state index is 0.601. The van der Waals surface area contributed by atoms with Crippen molar-refractivity contribution in [2.75, 3.05) is 0 Å². The third-order valence-electron chi connectivity index (χ3n) is 8.58. The molecule has 0 N–H and O–H groups in total. The Balaban J connectivity index is 1.67. The smallest absolute Gasteiger partial charge is 0.00645 e. The molecule has 0 saturated heterocycles. The lowest BCUT2D eigenvalue weighted by molar-refractivity contribution is 0.416. The van der Waals surface area contributed by atoms with Crippen LogP contribution in [-0.4, -0.2) is 0 Å². The zero-order valence-electron chi connectivity index (χ0n) is 22.9. The summed E-state index contributed by atoms with van der Waals surface area (Å²) < 4.78 is 0. The summed E-state index contributed by atoms with van der Waals surface area (Å²) in [6.45, 7) is 13.8. The molecular weight excluding hydrogens is 420 g/mol. The van der Waals surface area contributed by atoms with Crippen molar-refractivity contribution < 1.29 is 0 Å². The lowest BCUT2D eigenvalue weighted by Gasteiger charge is -2.31. The van der Waals surface area contributed by atoms with Crippen LogP contribution in [0.1, 0.15) is 97.6 Å². The predicted octanol–water partition coefficient (Wildman–Crippen LogP) is 10.6. The zero-order chi connectivity index (χ0) is 24.9. The molecule has 3 aliphatic rings. The van der Waals surface area contributed by atoms with E-state index in [-0.39, 0.29) is 0 Å². The molecule has 1 aromatic rings. The third-order valence-corrected chi connectivity index (χ3v) is 8.58. The van der Waals surface area contributed by atoms with Gasteiger partial charge in [-0.1, -0.05) is 85.7 Å². The van der Waals surface area contributed by atoms with Crippen molar-refractivity contribution in [3.63, 3.8) is 0 Å². The Morgan fingerprint density at radius 3 is 2.40 bits per heavy atom. The Morgan fingerprint density at radius 2 is 1.77 bits per heavy atom. The molecule has 2 atom stereocenters. The largest absolute Gasteiger partial charge is 0.0877 e. The molecule has 4 rings (SSSR count). The molecule has 0 aliphatic heterocycles. The Labute approximate surface area is 214 Å². The van der Waals surface area contributed by atoms with Gasteiger partial charge in [-0.25, -0.2) is 0 Å². The third kappa shape index (κ3) is 5.64. The summed E-state index contributed by atoms with van der Waals surface area (Å²) in [5.41, 5.74) is 14.9. The quantitative estimate of drug-likeness (QED) is 0.380. The fourth-order valence-corrected chi connectivity index (χ4v) is 5.97. The summed E-state index contributed by atoms with van der Waals surface area (Å²) in [5, 5.41) is 0. The highest BCUT2D eigenvalue weighted by molar-refractivity contribution is 5.79. The maximum absolute atomic E-state index is 2.53. The van der Waals surface area contributed by atoms with Crippen molar-refractivity contribution in [3.8, 4) is 0 Å². The van der Waals surface area contributed by atoms with Gasteiger partial charge in [0, 0.05) is 0 Å². The summed E-state index contributed by atoms with van der Waals surface area (Å²) in [5.74, 6) is 1.24. The predicted molar refractivity (Wildman–Crippen MR) is 155 cm³/mol. The molecule has 1 saturated carbocycles. The Hall–Kier alpha value is -2.60. The monoisotopic (exact) mass is 464 g/mol. The van der Waals surface area contributed by atoms with Crippen molar-refractivity contribution in [3.05, 3.63) is 105 Å². The highest BCUT2D eigenvalue weighted by Crippen LogP contribution is 2.43. The SMILES string of the molecule is CC=CC=C(C)C1=CCC(C)C2CC=C(c3ccc(C(C)=C4CCC4)cc3)C=C2C(CC)=C(C)C1. The maximum Gasteiger partial charge on any atom is -0.00645 e. The lowest BCUT2D eigenvalue weighted by Crippen LogP contribution is -2.18. The average molecular weight is 465 g/mol. The van der Waals surface area contributed by atoms with Crippen LogP contribution >= 0.6 is 0 Å². The topological polar surface area (TPSA) is 0 Å². The van der Waals surface area contributed by atoms with Crippen molar-refractivity contribution in [2.45, 2.75) is 86.5 Å². The lowest BCUT2D eigenvalue weighted by atomic mass is 9.74. The molecule has 1 fully saturated rings. The highest BCUT2D eigenvalue weighted by atomic mass is 14.3. The van der Waals surface area contributed by atoms with Crippen LogP contribution in [0.25, 0.3) is 11.1 Å². The first kappa shape index (κ1) is 25.5. The number of allylic oxidation sites excluding steroid dienone is 14. The molecule has 3 aliphatic carbocycles. The van der Waals surface area contributed by atoms with E-state index in [1.807, 2.05) is 0 Å².